The molecular formula is C16H32N4OS. The van der Waals surface area contributed by atoms with Gasteiger partial charge in [-0.1, -0.05) is 13.8 Å². The summed E-state index contributed by atoms with van der Waals surface area (Å²) in [6, 6.07) is 0.522. The van der Waals surface area contributed by atoms with E-state index in [0.29, 0.717) is 11.3 Å². The Morgan fingerprint density at radius 3 is 2.91 bits per heavy atom. The van der Waals surface area contributed by atoms with Gasteiger partial charge in [-0.3, -0.25) is 9.89 Å². The molecule has 2 heterocycles. The second kappa shape index (κ2) is 8.99. The van der Waals surface area contributed by atoms with Crippen LogP contribution in [0.5, 0.6) is 0 Å². The van der Waals surface area contributed by atoms with Gasteiger partial charge in [0.2, 0.25) is 0 Å². The predicted molar refractivity (Wildman–Crippen MR) is 95.9 cm³/mol. The zero-order valence-corrected chi connectivity index (χ0v) is 15.4. The highest BCUT2D eigenvalue weighted by molar-refractivity contribution is 8.00. The van der Waals surface area contributed by atoms with Crippen molar-refractivity contribution in [1.82, 2.24) is 15.1 Å². The maximum Gasteiger partial charge on any atom is 0.193 e. The van der Waals surface area contributed by atoms with Gasteiger partial charge in [0.05, 0.1) is 13.2 Å². The molecule has 6 heteroatoms. The van der Waals surface area contributed by atoms with Crippen LogP contribution in [-0.4, -0.2) is 85.8 Å². The van der Waals surface area contributed by atoms with E-state index in [2.05, 4.69) is 52.6 Å². The second-order valence-electron chi connectivity index (χ2n) is 6.53. The number of nitrogens with one attached hydrogen (secondary N) is 1. The normalized spacial score (nSPS) is 28.2. The predicted octanol–water partition coefficient (Wildman–Crippen LogP) is 1.36. The summed E-state index contributed by atoms with van der Waals surface area (Å²) in [5.41, 5.74) is 0. The van der Waals surface area contributed by atoms with E-state index in [0.717, 1.165) is 57.8 Å². The molecule has 2 rings (SSSR count). The van der Waals surface area contributed by atoms with Crippen molar-refractivity contribution in [3.8, 4) is 0 Å². The van der Waals surface area contributed by atoms with E-state index in [4.69, 9.17) is 4.74 Å². The molecule has 2 atom stereocenters. The Morgan fingerprint density at radius 2 is 2.23 bits per heavy atom. The number of ether oxygens (including phenoxy) is 1. The van der Waals surface area contributed by atoms with Crippen molar-refractivity contribution < 1.29 is 4.74 Å². The first-order valence-electron chi connectivity index (χ1n) is 8.50. The van der Waals surface area contributed by atoms with E-state index >= 15 is 0 Å². The molecule has 0 aromatic heterocycles. The molecule has 2 fully saturated rings. The van der Waals surface area contributed by atoms with Crippen molar-refractivity contribution in [3.63, 3.8) is 0 Å². The van der Waals surface area contributed by atoms with Crippen molar-refractivity contribution >= 4 is 17.7 Å². The van der Waals surface area contributed by atoms with Crippen LogP contribution in [0.1, 0.15) is 20.8 Å². The van der Waals surface area contributed by atoms with Gasteiger partial charge in [-0.25, -0.2) is 0 Å². The average Bonchev–Trinajstić information content (AvgIpc) is 2.53. The molecule has 0 aromatic carbocycles. The zero-order valence-electron chi connectivity index (χ0n) is 14.5. The van der Waals surface area contributed by atoms with Crippen LogP contribution < -0.4 is 5.32 Å². The van der Waals surface area contributed by atoms with Crippen molar-refractivity contribution in [2.24, 2.45) is 10.9 Å². The molecule has 128 valence electrons. The summed E-state index contributed by atoms with van der Waals surface area (Å²) >= 11 is 2.10. The van der Waals surface area contributed by atoms with Gasteiger partial charge in [-0.2, -0.15) is 11.8 Å². The SMILES string of the molecule is CN=C(NCCN1CCOCC1C)N1CCSC(C(C)C)C1. The fourth-order valence-corrected chi connectivity index (χ4v) is 4.31. The molecule has 0 radical (unpaired) electrons. The topological polar surface area (TPSA) is 40.1 Å². The largest absolute Gasteiger partial charge is 0.379 e. The van der Waals surface area contributed by atoms with Crippen molar-refractivity contribution in [3.05, 3.63) is 0 Å². The van der Waals surface area contributed by atoms with E-state index in [9.17, 15) is 0 Å². The van der Waals surface area contributed by atoms with Crippen molar-refractivity contribution in [1.29, 1.82) is 0 Å². The number of thioether (sulfide) groups is 1. The van der Waals surface area contributed by atoms with Gasteiger partial charge >= 0.3 is 0 Å². The molecule has 5 nitrogen and oxygen atoms in total. The minimum absolute atomic E-state index is 0.522. The van der Waals surface area contributed by atoms with Crippen LogP contribution in [0.3, 0.4) is 0 Å². The number of nitrogens with zero attached hydrogens (tertiary/aromatic N) is 3. The number of hydrogen-bond donors (Lipinski definition) is 1. The summed E-state index contributed by atoms with van der Waals surface area (Å²) in [4.78, 5) is 9.40. The Kier molecular flexibility index (Phi) is 7.31. The third-order valence-corrected chi connectivity index (χ3v) is 6.08. The molecule has 22 heavy (non-hydrogen) atoms. The fourth-order valence-electron chi connectivity index (χ4n) is 3.01. The monoisotopic (exact) mass is 328 g/mol. The minimum Gasteiger partial charge on any atom is -0.379 e. The number of hydrogen-bond acceptors (Lipinski definition) is 4. The van der Waals surface area contributed by atoms with Gasteiger partial charge in [-0.05, 0) is 12.8 Å². The zero-order chi connectivity index (χ0) is 15.9. The lowest BCUT2D eigenvalue weighted by Gasteiger charge is -2.37. The number of rotatable bonds is 4. The molecule has 2 unspecified atom stereocenters. The van der Waals surface area contributed by atoms with Gasteiger partial charge in [-0.15, -0.1) is 0 Å². The summed E-state index contributed by atoms with van der Waals surface area (Å²) in [5.74, 6) is 2.98. The second-order valence-corrected chi connectivity index (χ2v) is 7.88. The smallest absolute Gasteiger partial charge is 0.193 e. The Balaban J connectivity index is 1.77. The van der Waals surface area contributed by atoms with Gasteiger partial charge in [0.15, 0.2) is 5.96 Å². The standard InChI is InChI=1S/C16H32N4OS/c1-13(2)15-11-20(8-10-22-15)16(17-4)18-5-6-19-7-9-21-12-14(19)3/h13-15H,5-12H2,1-4H3,(H,17,18). The van der Waals surface area contributed by atoms with Crippen molar-refractivity contribution in [2.75, 3.05) is 58.7 Å². The van der Waals surface area contributed by atoms with E-state index in [1.54, 1.807) is 0 Å². The quantitative estimate of drug-likeness (QED) is 0.623. The molecule has 0 aliphatic carbocycles. The fraction of sp³-hybridized carbons (Fsp3) is 0.938. The van der Waals surface area contributed by atoms with E-state index in [1.165, 1.54) is 5.75 Å². The maximum atomic E-state index is 5.49. The Labute approximate surface area is 139 Å². The first-order valence-corrected chi connectivity index (χ1v) is 9.55. The summed E-state index contributed by atoms with van der Waals surface area (Å²) < 4.78 is 5.49. The number of morpholine rings is 1. The molecule has 2 aliphatic heterocycles. The highest BCUT2D eigenvalue weighted by atomic mass is 32.2. The van der Waals surface area contributed by atoms with Crippen LogP contribution in [0.4, 0.5) is 0 Å². The number of guanidine groups is 1. The third-order valence-electron chi connectivity index (χ3n) is 4.54. The molecule has 0 amide bonds. The summed E-state index contributed by atoms with van der Waals surface area (Å²) in [5, 5.41) is 4.27. The summed E-state index contributed by atoms with van der Waals surface area (Å²) in [7, 11) is 1.89. The van der Waals surface area contributed by atoms with Crippen molar-refractivity contribution in [2.45, 2.75) is 32.1 Å². The Morgan fingerprint density at radius 1 is 1.41 bits per heavy atom. The minimum atomic E-state index is 0.522. The van der Waals surface area contributed by atoms with E-state index in [1.807, 2.05) is 7.05 Å². The molecule has 0 spiro atoms. The van der Waals surface area contributed by atoms with Crippen LogP contribution in [-0.2, 0) is 4.74 Å². The van der Waals surface area contributed by atoms with Crippen LogP contribution >= 0.6 is 11.8 Å². The highest BCUT2D eigenvalue weighted by Crippen LogP contribution is 2.24. The Hall–Kier alpha value is -0.460. The van der Waals surface area contributed by atoms with Crippen LogP contribution in [0, 0.1) is 5.92 Å². The molecule has 0 aromatic rings. The highest BCUT2D eigenvalue weighted by Gasteiger charge is 2.25. The van der Waals surface area contributed by atoms with Crippen LogP contribution in [0.25, 0.3) is 0 Å². The lowest BCUT2D eigenvalue weighted by molar-refractivity contribution is 0.000826. The van der Waals surface area contributed by atoms with Gasteiger partial charge in [0, 0.05) is 56.8 Å². The molecule has 2 saturated heterocycles. The van der Waals surface area contributed by atoms with Gasteiger partial charge in [0.1, 0.15) is 0 Å². The summed E-state index contributed by atoms with van der Waals surface area (Å²) in [6.07, 6.45) is 0. The molecular weight excluding hydrogens is 296 g/mol. The first kappa shape index (κ1) is 17.9. The molecule has 0 saturated carbocycles. The molecule has 2 aliphatic rings. The maximum absolute atomic E-state index is 5.49. The van der Waals surface area contributed by atoms with Crippen LogP contribution in [0.2, 0.25) is 0 Å². The van der Waals surface area contributed by atoms with Gasteiger partial charge < -0.3 is 15.0 Å². The molecule has 1 N–H and O–H groups in total. The Bertz CT molecular complexity index is 364. The lowest BCUT2D eigenvalue weighted by Crippen LogP contribution is -2.51. The average molecular weight is 329 g/mol. The van der Waals surface area contributed by atoms with E-state index in [-0.39, 0.29) is 0 Å². The number of aliphatic imine (C=N–C) groups is 1. The molecule has 0 bridgehead atoms. The third kappa shape index (κ3) is 5.03. The van der Waals surface area contributed by atoms with E-state index < -0.39 is 0 Å². The lowest BCUT2D eigenvalue weighted by atomic mass is 10.1. The summed E-state index contributed by atoms with van der Waals surface area (Å²) in [6.45, 7) is 13.8. The first-order chi connectivity index (χ1) is 10.6. The van der Waals surface area contributed by atoms with Crippen LogP contribution in [0.15, 0.2) is 4.99 Å². The van der Waals surface area contributed by atoms with Gasteiger partial charge in [0.25, 0.3) is 0 Å².